The van der Waals surface area contributed by atoms with Gasteiger partial charge in [0.2, 0.25) is 0 Å². The van der Waals surface area contributed by atoms with Gasteiger partial charge in [-0.15, -0.1) is 11.3 Å². The molecule has 0 saturated heterocycles. The van der Waals surface area contributed by atoms with Crippen LogP contribution in [0.25, 0.3) is 0 Å². The predicted molar refractivity (Wildman–Crippen MR) is 75.6 cm³/mol. The summed E-state index contributed by atoms with van der Waals surface area (Å²) >= 11 is 1.52. The van der Waals surface area contributed by atoms with E-state index in [-0.39, 0.29) is 19.2 Å². The molecule has 1 fully saturated rings. The van der Waals surface area contributed by atoms with Crippen LogP contribution >= 0.6 is 11.3 Å². The summed E-state index contributed by atoms with van der Waals surface area (Å²) in [4.78, 5) is 12.7. The van der Waals surface area contributed by atoms with E-state index >= 15 is 0 Å². The number of aliphatic hydroxyl groups is 1. The van der Waals surface area contributed by atoms with Crippen molar-refractivity contribution in [1.29, 1.82) is 0 Å². The molecule has 1 aliphatic carbocycles. The SMILES string of the molecule is Cc1ccc(NC(=O)NCC(O)COCC2CC2)s1. The van der Waals surface area contributed by atoms with Gasteiger partial charge in [-0.3, -0.25) is 5.32 Å². The molecule has 1 aromatic heterocycles. The largest absolute Gasteiger partial charge is 0.389 e. The average Bonchev–Trinajstić information content (AvgIpc) is 3.10. The molecule has 1 heterocycles. The molecule has 6 heteroatoms. The molecule has 0 bridgehead atoms. The Balaban J connectivity index is 1.56. The van der Waals surface area contributed by atoms with Crippen molar-refractivity contribution in [2.75, 3.05) is 25.1 Å². The van der Waals surface area contributed by atoms with E-state index in [9.17, 15) is 9.90 Å². The summed E-state index contributed by atoms with van der Waals surface area (Å²) in [6, 6.07) is 3.50. The van der Waals surface area contributed by atoms with Gasteiger partial charge in [-0.2, -0.15) is 0 Å². The van der Waals surface area contributed by atoms with Gasteiger partial charge in [-0.1, -0.05) is 0 Å². The molecule has 0 aliphatic heterocycles. The second-order valence-corrected chi connectivity index (χ2v) is 6.17. The highest BCUT2D eigenvalue weighted by atomic mass is 32.1. The topological polar surface area (TPSA) is 70.6 Å². The number of carbonyl (C=O) groups is 1. The highest BCUT2D eigenvalue weighted by Crippen LogP contribution is 2.28. The first kappa shape index (κ1) is 14.3. The van der Waals surface area contributed by atoms with Gasteiger partial charge in [0.1, 0.15) is 0 Å². The van der Waals surface area contributed by atoms with Gasteiger partial charge in [-0.05, 0) is 37.8 Å². The zero-order valence-corrected chi connectivity index (χ0v) is 11.8. The first-order valence-electron chi connectivity index (χ1n) is 6.50. The third-order valence-corrected chi connectivity index (χ3v) is 3.75. The Morgan fingerprint density at radius 3 is 3.00 bits per heavy atom. The molecule has 1 atom stereocenters. The number of amides is 2. The minimum Gasteiger partial charge on any atom is -0.389 e. The molecular formula is C13H20N2O3S. The van der Waals surface area contributed by atoms with E-state index in [1.807, 2.05) is 19.1 Å². The minimum atomic E-state index is -0.658. The van der Waals surface area contributed by atoms with Crippen LogP contribution in [0, 0.1) is 12.8 Å². The third kappa shape index (κ3) is 5.59. The van der Waals surface area contributed by atoms with Crippen LogP contribution in [0.3, 0.4) is 0 Å². The molecule has 1 aromatic rings. The molecule has 0 spiro atoms. The van der Waals surface area contributed by atoms with Crippen LogP contribution in [0.15, 0.2) is 12.1 Å². The van der Waals surface area contributed by atoms with Gasteiger partial charge in [-0.25, -0.2) is 4.79 Å². The fourth-order valence-electron chi connectivity index (χ4n) is 1.58. The average molecular weight is 284 g/mol. The van der Waals surface area contributed by atoms with E-state index in [0.717, 1.165) is 16.5 Å². The predicted octanol–water partition coefficient (Wildman–Crippen LogP) is 1.97. The summed E-state index contributed by atoms with van der Waals surface area (Å²) < 4.78 is 5.35. The lowest BCUT2D eigenvalue weighted by Crippen LogP contribution is -2.37. The second kappa shape index (κ2) is 6.88. The standard InChI is InChI=1S/C13H20N2O3S/c1-9-2-5-12(19-9)15-13(17)14-6-11(16)8-18-7-10-3-4-10/h2,5,10-11,16H,3-4,6-8H2,1H3,(H2,14,15,17). The summed E-state index contributed by atoms with van der Waals surface area (Å²) in [5.74, 6) is 0.686. The number of hydrogen-bond donors (Lipinski definition) is 3. The molecule has 1 unspecified atom stereocenters. The Bertz CT molecular complexity index is 418. The lowest BCUT2D eigenvalue weighted by atomic mass is 10.4. The Morgan fingerprint density at radius 2 is 2.37 bits per heavy atom. The summed E-state index contributed by atoms with van der Waals surface area (Å²) in [5.41, 5.74) is 0. The summed E-state index contributed by atoms with van der Waals surface area (Å²) in [6.45, 7) is 3.17. The smallest absolute Gasteiger partial charge is 0.319 e. The molecule has 0 aromatic carbocycles. The van der Waals surface area contributed by atoms with Crippen molar-refractivity contribution in [3.63, 3.8) is 0 Å². The van der Waals surface area contributed by atoms with Crippen LogP contribution in [0.5, 0.6) is 0 Å². The molecule has 3 N–H and O–H groups in total. The van der Waals surface area contributed by atoms with Crippen molar-refractivity contribution in [2.45, 2.75) is 25.9 Å². The molecule has 0 radical (unpaired) electrons. The van der Waals surface area contributed by atoms with Gasteiger partial charge < -0.3 is 15.2 Å². The second-order valence-electron chi connectivity index (χ2n) is 4.88. The normalized spacial score (nSPS) is 16.1. The highest BCUT2D eigenvalue weighted by Gasteiger charge is 2.21. The minimum absolute atomic E-state index is 0.195. The molecule has 2 amide bonds. The molecule has 1 aliphatic rings. The van der Waals surface area contributed by atoms with Gasteiger partial charge >= 0.3 is 6.03 Å². The molecule has 106 valence electrons. The zero-order chi connectivity index (χ0) is 13.7. The maximum Gasteiger partial charge on any atom is 0.319 e. The Morgan fingerprint density at radius 1 is 1.58 bits per heavy atom. The van der Waals surface area contributed by atoms with E-state index in [1.54, 1.807) is 0 Å². The zero-order valence-electron chi connectivity index (χ0n) is 11.0. The van der Waals surface area contributed by atoms with Gasteiger partial charge in [0, 0.05) is 18.0 Å². The molecule has 2 rings (SSSR count). The molecule has 19 heavy (non-hydrogen) atoms. The number of anilines is 1. The molecular weight excluding hydrogens is 264 g/mol. The fraction of sp³-hybridized carbons (Fsp3) is 0.615. The lowest BCUT2D eigenvalue weighted by molar-refractivity contribution is 0.0339. The maximum absolute atomic E-state index is 11.6. The summed E-state index contributed by atoms with van der Waals surface area (Å²) in [7, 11) is 0. The van der Waals surface area contributed by atoms with Crippen LogP contribution in [0.4, 0.5) is 9.80 Å². The number of ether oxygens (including phenoxy) is 1. The van der Waals surface area contributed by atoms with E-state index in [2.05, 4.69) is 10.6 Å². The number of aryl methyl sites for hydroxylation is 1. The van der Waals surface area contributed by atoms with Crippen molar-refractivity contribution in [3.05, 3.63) is 17.0 Å². The number of hydrogen-bond acceptors (Lipinski definition) is 4. The van der Waals surface area contributed by atoms with E-state index in [0.29, 0.717) is 5.92 Å². The quantitative estimate of drug-likeness (QED) is 0.717. The van der Waals surface area contributed by atoms with E-state index < -0.39 is 6.10 Å². The number of carbonyl (C=O) groups excluding carboxylic acids is 1. The van der Waals surface area contributed by atoms with Gasteiger partial charge in [0.05, 0.1) is 17.7 Å². The number of thiophene rings is 1. The van der Waals surface area contributed by atoms with Crippen LogP contribution in [-0.2, 0) is 4.74 Å². The van der Waals surface area contributed by atoms with Crippen molar-refractivity contribution < 1.29 is 14.6 Å². The van der Waals surface area contributed by atoms with E-state index in [1.165, 1.54) is 24.2 Å². The van der Waals surface area contributed by atoms with Crippen molar-refractivity contribution in [1.82, 2.24) is 5.32 Å². The summed E-state index contributed by atoms with van der Waals surface area (Å²) in [6.07, 6.45) is 1.81. The monoisotopic (exact) mass is 284 g/mol. The Labute approximate surface area is 117 Å². The Hall–Kier alpha value is -1.11. The van der Waals surface area contributed by atoms with Gasteiger partial charge in [0.25, 0.3) is 0 Å². The first-order valence-corrected chi connectivity index (χ1v) is 7.32. The maximum atomic E-state index is 11.6. The highest BCUT2D eigenvalue weighted by molar-refractivity contribution is 7.16. The van der Waals surface area contributed by atoms with Crippen LogP contribution in [0.1, 0.15) is 17.7 Å². The third-order valence-electron chi connectivity index (χ3n) is 2.84. The van der Waals surface area contributed by atoms with E-state index in [4.69, 9.17) is 4.74 Å². The fourth-order valence-corrected chi connectivity index (χ4v) is 2.35. The van der Waals surface area contributed by atoms with Gasteiger partial charge in [0.15, 0.2) is 0 Å². The molecule has 5 nitrogen and oxygen atoms in total. The van der Waals surface area contributed by atoms with Crippen LogP contribution in [0.2, 0.25) is 0 Å². The number of urea groups is 1. The van der Waals surface area contributed by atoms with Crippen LogP contribution in [-0.4, -0.2) is 37.0 Å². The summed E-state index contributed by atoms with van der Waals surface area (Å²) in [5, 5.41) is 15.8. The van der Waals surface area contributed by atoms with Crippen molar-refractivity contribution in [3.8, 4) is 0 Å². The van der Waals surface area contributed by atoms with Crippen molar-refractivity contribution >= 4 is 22.4 Å². The van der Waals surface area contributed by atoms with Crippen LogP contribution < -0.4 is 10.6 Å². The number of aliphatic hydroxyl groups excluding tert-OH is 1. The first-order chi connectivity index (χ1) is 9.13. The van der Waals surface area contributed by atoms with Crippen molar-refractivity contribution in [2.24, 2.45) is 5.92 Å². The molecule has 1 saturated carbocycles. The Kier molecular flexibility index (Phi) is 5.18. The number of rotatable bonds is 7. The lowest BCUT2D eigenvalue weighted by Gasteiger charge is -2.12. The number of nitrogens with one attached hydrogen (secondary N) is 2.